The Morgan fingerprint density at radius 2 is 1.85 bits per heavy atom. The van der Waals surface area contributed by atoms with Gasteiger partial charge in [0.1, 0.15) is 6.10 Å². The molecule has 0 aliphatic heterocycles. The van der Waals surface area contributed by atoms with Crippen molar-refractivity contribution in [1.29, 1.82) is 0 Å². The van der Waals surface area contributed by atoms with Gasteiger partial charge in [0.05, 0.1) is 7.11 Å². The zero-order chi connectivity index (χ0) is 9.26. The summed E-state index contributed by atoms with van der Waals surface area (Å²) in [7, 11) is 1.36. The van der Waals surface area contributed by atoms with E-state index in [1.54, 1.807) is 0 Å². The zero-order valence-electron chi connectivity index (χ0n) is 7.99. The first kappa shape index (κ1) is 8.85. The van der Waals surface area contributed by atoms with Crippen LogP contribution in [0.1, 0.15) is 32.1 Å². The summed E-state index contributed by atoms with van der Waals surface area (Å²) in [6, 6.07) is 0. The molecule has 2 saturated carbocycles. The van der Waals surface area contributed by atoms with Crippen LogP contribution in [0, 0.1) is 11.8 Å². The van der Waals surface area contributed by atoms with E-state index in [1.807, 2.05) is 0 Å². The molecule has 0 aromatic carbocycles. The van der Waals surface area contributed by atoms with Crippen molar-refractivity contribution in [3.05, 3.63) is 0 Å². The first-order valence-corrected chi connectivity index (χ1v) is 5.04. The summed E-state index contributed by atoms with van der Waals surface area (Å²) in [4.78, 5) is 10.8. The van der Waals surface area contributed by atoms with Crippen LogP contribution in [0.15, 0.2) is 0 Å². The molecule has 0 spiro atoms. The van der Waals surface area contributed by atoms with Gasteiger partial charge in [0.15, 0.2) is 0 Å². The molecule has 0 amide bonds. The second-order valence-corrected chi connectivity index (χ2v) is 4.12. The summed E-state index contributed by atoms with van der Waals surface area (Å²) in [6.07, 6.45) is 5.73. The topological polar surface area (TPSA) is 35.5 Å². The van der Waals surface area contributed by atoms with Gasteiger partial charge >= 0.3 is 6.16 Å². The molecule has 2 atom stereocenters. The molecule has 0 N–H and O–H groups in total. The number of ether oxygens (including phenoxy) is 2. The van der Waals surface area contributed by atoms with Crippen LogP contribution < -0.4 is 0 Å². The maximum Gasteiger partial charge on any atom is 0.508 e. The van der Waals surface area contributed by atoms with Gasteiger partial charge < -0.3 is 9.47 Å². The maximum absolute atomic E-state index is 10.8. The van der Waals surface area contributed by atoms with Crippen LogP contribution >= 0.6 is 0 Å². The minimum Gasteiger partial charge on any atom is -0.438 e. The van der Waals surface area contributed by atoms with Gasteiger partial charge in [-0.25, -0.2) is 4.79 Å². The Hall–Kier alpha value is -0.730. The molecule has 2 unspecified atom stereocenters. The highest BCUT2D eigenvalue weighted by atomic mass is 16.7. The van der Waals surface area contributed by atoms with E-state index in [0.29, 0.717) is 0 Å². The summed E-state index contributed by atoms with van der Waals surface area (Å²) in [5.74, 6) is 1.63. The van der Waals surface area contributed by atoms with Gasteiger partial charge in [-0.15, -0.1) is 0 Å². The van der Waals surface area contributed by atoms with Gasteiger partial charge in [-0.1, -0.05) is 19.3 Å². The van der Waals surface area contributed by atoms with Gasteiger partial charge in [0, 0.05) is 0 Å². The Bertz CT molecular complexity index is 190. The largest absolute Gasteiger partial charge is 0.508 e. The molecular weight excluding hydrogens is 168 g/mol. The summed E-state index contributed by atoms with van der Waals surface area (Å²) >= 11 is 0. The van der Waals surface area contributed by atoms with Gasteiger partial charge in [0.2, 0.25) is 0 Å². The van der Waals surface area contributed by atoms with Crippen LogP contribution in [0.2, 0.25) is 0 Å². The van der Waals surface area contributed by atoms with E-state index in [1.165, 1.54) is 26.4 Å². The van der Waals surface area contributed by atoms with Crippen molar-refractivity contribution < 1.29 is 14.3 Å². The van der Waals surface area contributed by atoms with Crippen molar-refractivity contribution in [2.45, 2.75) is 38.2 Å². The van der Waals surface area contributed by atoms with E-state index >= 15 is 0 Å². The van der Waals surface area contributed by atoms with Gasteiger partial charge in [-0.05, 0) is 24.7 Å². The predicted octanol–water partition coefficient (Wildman–Crippen LogP) is 2.35. The highest BCUT2D eigenvalue weighted by Crippen LogP contribution is 2.44. The molecule has 0 aromatic rings. The molecule has 13 heavy (non-hydrogen) atoms. The van der Waals surface area contributed by atoms with Crippen molar-refractivity contribution in [2.75, 3.05) is 7.11 Å². The third kappa shape index (κ3) is 1.79. The number of methoxy groups -OCH3 is 1. The fourth-order valence-electron chi connectivity index (χ4n) is 2.79. The lowest BCUT2D eigenvalue weighted by molar-refractivity contribution is 0.0366. The molecule has 2 aliphatic rings. The van der Waals surface area contributed by atoms with Crippen LogP contribution in [0.4, 0.5) is 4.79 Å². The predicted molar refractivity (Wildman–Crippen MR) is 47.3 cm³/mol. The Kier molecular flexibility index (Phi) is 2.42. The number of rotatable bonds is 1. The number of hydrogen-bond acceptors (Lipinski definition) is 3. The van der Waals surface area contributed by atoms with Gasteiger partial charge in [-0.2, -0.15) is 0 Å². The average molecular weight is 184 g/mol. The number of hydrogen-bond donors (Lipinski definition) is 0. The van der Waals surface area contributed by atoms with E-state index in [-0.39, 0.29) is 6.10 Å². The van der Waals surface area contributed by atoms with Crippen LogP contribution in [0.5, 0.6) is 0 Å². The molecule has 2 aliphatic carbocycles. The molecule has 0 saturated heterocycles. The second-order valence-electron chi connectivity index (χ2n) is 4.12. The average Bonchev–Trinajstić information content (AvgIpc) is 2.63. The minimum absolute atomic E-state index is 0.128. The highest BCUT2D eigenvalue weighted by Gasteiger charge is 2.38. The Morgan fingerprint density at radius 1 is 1.23 bits per heavy atom. The molecule has 0 heterocycles. The number of fused-ring (bicyclic) bond motifs is 1. The monoisotopic (exact) mass is 184 g/mol. The summed E-state index contributed by atoms with van der Waals surface area (Å²) in [5.41, 5.74) is 0. The number of carbonyl (C=O) groups is 1. The lowest BCUT2D eigenvalue weighted by Crippen LogP contribution is -2.15. The summed E-state index contributed by atoms with van der Waals surface area (Å²) in [5, 5.41) is 0. The van der Waals surface area contributed by atoms with Crippen molar-refractivity contribution in [3.63, 3.8) is 0 Å². The fraction of sp³-hybridized carbons (Fsp3) is 0.900. The van der Waals surface area contributed by atoms with Gasteiger partial charge in [-0.3, -0.25) is 0 Å². The molecular formula is C10H16O3. The fourth-order valence-corrected chi connectivity index (χ4v) is 2.79. The summed E-state index contributed by atoms with van der Waals surface area (Å²) < 4.78 is 9.61. The molecule has 2 fully saturated rings. The first-order valence-electron chi connectivity index (χ1n) is 5.04. The molecule has 2 rings (SSSR count). The van der Waals surface area contributed by atoms with E-state index in [0.717, 1.165) is 24.7 Å². The van der Waals surface area contributed by atoms with E-state index in [9.17, 15) is 4.79 Å². The second kappa shape index (κ2) is 3.56. The molecule has 0 radical (unpaired) electrons. The number of carbonyl (C=O) groups excluding carboxylic acids is 1. The van der Waals surface area contributed by atoms with Crippen molar-refractivity contribution >= 4 is 6.16 Å². The van der Waals surface area contributed by atoms with Crippen LogP contribution in [-0.4, -0.2) is 19.4 Å². The van der Waals surface area contributed by atoms with Crippen LogP contribution in [0.25, 0.3) is 0 Å². The lowest BCUT2D eigenvalue weighted by atomic mass is 10.0. The van der Waals surface area contributed by atoms with Crippen LogP contribution in [-0.2, 0) is 9.47 Å². The first-order chi connectivity index (χ1) is 6.29. The highest BCUT2D eigenvalue weighted by molar-refractivity contribution is 5.59. The quantitative estimate of drug-likeness (QED) is 0.587. The zero-order valence-corrected chi connectivity index (χ0v) is 7.99. The Balaban J connectivity index is 1.82. The van der Waals surface area contributed by atoms with E-state index in [2.05, 4.69) is 4.74 Å². The third-order valence-electron chi connectivity index (χ3n) is 3.38. The smallest absolute Gasteiger partial charge is 0.438 e. The Morgan fingerprint density at radius 3 is 2.38 bits per heavy atom. The molecule has 0 bridgehead atoms. The van der Waals surface area contributed by atoms with Crippen molar-refractivity contribution in [2.24, 2.45) is 11.8 Å². The van der Waals surface area contributed by atoms with E-state index in [4.69, 9.17) is 4.74 Å². The van der Waals surface area contributed by atoms with E-state index < -0.39 is 6.16 Å². The SMILES string of the molecule is COC(=O)OC1CC2CCCC2C1. The van der Waals surface area contributed by atoms with Gasteiger partial charge in [0.25, 0.3) is 0 Å². The minimum atomic E-state index is -0.523. The molecule has 3 nitrogen and oxygen atoms in total. The van der Waals surface area contributed by atoms with Crippen molar-refractivity contribution in [3.8, 4) is 0 Å². The standard InChI is InChI=1S/C10H16O3/c1-12-10(11)13-9-5-7-3-2-4-8(7)6-9/h7-9H,2-6H2,1H3. The lowest BCUT2D eigenvalue weighted by Gasteiger charge is -2.10. The molecule has 0 aromatic heterocycles. The molecule has 74 valence electrons. The summed E-state index contributed by atoms with van der Waals surface area (Å²) in [6.45, 7) is 0. The van der Waals surface area contributed by atoms with Crippen molar-refractivity contribution in [1.82, 2.24) is 0 Å². The maximum atomic E-state index is 10.8. The molecule has 3 heteroatoms. The van der Waals surface area contributed by atoms with Crippen LogP contribution in [0.3, 0.4) is 0 Å². The normalized spacial score (nSPS) is 37.2. The third-order valence-corrected chi connectivity index (χ3v) is 3.38. The Labute approximate surface area is 78.4 Å².